The molecule has 0 fully saturated rings. The van der Waals surface area contributed by atoms with Crippen LogP contribution in [0.4, 0.5) is 10.2 Å². The van der Waals surface area contributed by atoms with Crippen molar-refractivity contribution in [3.8, 4) is 17.5 Å². The first-order chi connectivity index (χ1) is 15.6. The Labute approximate surface area is 209 Å². The van der Waals surface area contributed by atoms with Gasteiger partial charge < -0.3 is 21.1 Å². The van der Waals surface area contributed by atoms with Crippen LogP contribution in [-0.2, 0) is 13.0 Å². The fraction of sp³-hybridized carbons (Fsp3) is 0.261. The normalized spacial score (nSPS) is 10.8. The van der Waals surface area contributed by atoms with Crippen molar-refractivity contribution < 1.29 is 9.13 Å². The maximum atomic E-state index is 13.2. The molecule has 0 aliphatic carbocycles. The van der Waals surface area contributed by atoms with E-state index in [4.69, 9.17) is 10.5 Å². The van der Waals surface area contributed by atoms with E-state index in [2.05, 4.69) is 26.8 Å². The highest BCUT2D eigenvalue weighted by Gasteiger charge is 2.16. The third-order valence-corrected chi connectivity index (χ3v) is 4.92. The number of para-hydroxylation sites is 1. The molecule has 0 radical (unpaired) electrons. The van der Waals surface area contributed by atoms with Gasteiger partial charge in [-0.3, -0.25) is 4.99 Å². The lowest BCUT2D eigenvalue weighted by molar-refractivity contribution is 0.409. The van der Waals surface area contributed by atoms with Crippen LogP contribution >= 0.6 is 24.0 Å². The average molecular weight is 563 g/mol. The van der Waals surface area contributed by atoms with Crippen molar-refractivity contribution in [2.75, 3.05) is 26.4 Å². The Balaban J connectivity index is 0.00000385. The summed E-state index contributed by atoms with van der Waals surface area (Å²) in [5.74, 6) is 1.37. The Bertz CT molecular complexity index is 1120. The van der Waals surface area contributed by atoms with Crippen LogP contribution in [0.3, 0.4) is 0 Å². The highest BCUT2D eigenvalue weighted by molar-refractivity contribution is 14.0. The summed E-state index contributed by atoms with van der Waals surface area (Å²) in [6.07, 6.45) is 1.27. The highest BCUT2D eigenvalue weighted by Crippen LogP contribution is 2.21. The Kier molecular flexibility index (Phi) is 9.93. The molecule has 0 aliphatic rings. The van der Waals surface area contributed by atoms with E-state index < -0.39 is 0 Å². The van der Waals surface area contributed by atoms with E-state index in [0.717, 1.165) is 11.3 Å². The minimum atomic E-state index is -0.348. The van der Waals surface area contributed by atoms with Gasteiger partial charge in [-0.2, -0.15) is 10.4 Å². The lowest BCUT2D eigenvalue weighted by Crippen LogP contribution is -2.37. The van der Waals surface area contributed by atoms with Crippen LogP contribution in [0.1, 0.15) is 23.2 Å². The second-order valence-electron chi connectivity index (χ2n) is 6.97. The number of nitrogens with one attached hydrogen (secondary N) is 2. The lowest BCUT2D eigenvalue weighted by atomic mass is 10.1. The summed E-state index contributed by atoms with van der Waals surface area (Å²) in [5.41, 5.74) is 8.68. The quantitative estimate of drug-likeness (QED) is 0.168. The Morgan fingerprint density at radius 3 is 2.61 bits per heavy atom. The van der Waals surface area contributed by atoms with Crippen LogP contribution < -0.4 is 21.1 Å². The van der Waals surface area contributed by atoms with Gasteiger partial charge in [-0.1, -0.05) is 18.2 Å². The smallest absolute Gasteiger partial charge is 0.191 e. The number of hydrogen-bond donors (Lipinski definition) is 3. The molecule has 4 N–H and O–H groups in total. The summed E-state index contributed by atoms with van der Waals surface area (Å²) in [6.45, 7) is 1.20. The SMILES string of the molecule is CN=C(NCCCc1nn(-c2ccc(F)cc2)c(N)c1C#N)NCc1ccccc1OC.I. The minimum Gasteiger partial charge on any atom is -0.496 e. The second kappa shape index (κ2) is 12.6. The molecule has 2 aromatic carbocycles. The number of anilines is 1. The molecule has 1 heterocycles. The maximum absolute atomic E-state index is 13.2. The van der Waals surface area contributed by atoms with Gasteiger partial charge in [0.25, 0.3) is 0 Å². The first kappa shape index (κ1) is 25.9. The largest absolute Gasteiger partial charge is 0.496 e. The molecule has 0 aliphatic heterocycles. The number of aliphatic imine (C=N–C) groups is 1. The van der Waals surface area contributed by atoms with E-state index in [0.29, 0.717) is 48.8 Å². The number of nitrogens with two attached hydrogens (primary N) is 1. The number of methoxy groups -OCH3 is 1. The molecule has 0 amide bonds. The first-order valence-electron chi connectivity index (χ1n) is 10.2. The summed E-state index contributed by atoms with van der Waals surface area (Å²) in [6, 6.07) is 15.7. The van der Waals surface area contributed by atoms with E-state index in [1.165, 1.54) is 16.8 Å². The fourth-order valence-corrected chi connectivity index (χ4v) is 3.27. The Hall–Kier alpha value is -3.33. The zero-order valence-electron chi connectivity index (χ0n) is 18.5. The molecule has 10 heteroatoms. The molecule has 3 aromatic rings. The first-order valence-corrected chi connectivity index (χ1v) is 10.2. The molecule has 1 aromatic heterocycles. The van der Waals surface area contributed by atoms with Gasteiger partial charge >= 0.3 is 0 Å². The Morgan fingerprint density at radius 1 is 1.21 bits per heavy atom. The van der Waals surface area contributed by atoms with E-state index in [9.17, 15) is 9.65 Å². The van der Waals surface area contributed by atoms with Gasteiger partial charge in [0, 0.05) is 25.7 Å². The number of hydrogen-bond acceptors (Lipinski definition) is 5. The van der Waals surface area contributed by atoms with Crippen molar-refractivity contribution in [3.05, 3.63) is 71.2 Å². The Morgan fingerprint density at radius 2 is 1.94 bits per heavy atom. The van der Waals surface area contributed by atoms with E-state index >= 15 is 0 Å². The summed E-state index contributed by atoms with van der Waals surface area (Å²) >= 11 is 0. The molecular formula is C23H27FIN7O. The summed E-state index contributed by atoms with van der Waals surface area (Å²) < 4.78 is 20.0. The molecule has 0 atom stereocenters. The predicted molar refractivity (Wildman–Crippen MR) is 138 cm³/mol. The third kappa shape index (κ3) is 6.58. The van der Waals surface area contributed by atoms with Gasteiger partial charge in [-0.15, -0.1) is 24.0 Å². The van der Waals surface area contributed by atoms with Crippen molar-refractivity contribution in [2.24, 2.45) is 4.99 Å². The molecule has 0 bridgehead atoms. The molecule has 0 unspecified atom stereocenters. The molecule has 0 saturated heterocycles. The minimum absolute atomic E-state index is 0. The number of guanidine groups is 1. The number of nitrogen functional groups attached to an aromatic ring is 1. The molecule has 174 valence electrons. The molecule has 8 nitrogen and oxygen atoms in total. The average Bonchev–Trinajstić information content (AvgIpc) is 3.14. The van der Waals surface area contributed by atoms with Crippen molar-refractivity contribution >= 4 is 35.8 Å². The predicted octanol–water partition coefficient (Wildman–Crippen LogP) is 3.39. The second-order valence-corrected chi connectivity index (χ2v) is 6.97. The van der Waals surface area contributed by atoms with Gasteiger partial charge in [-0.05, 0) is 43.2 Å². The number of nitrogens with zero attached hydrogens (tertiary/aromatic N) is 4. The number of nitriles is 1. The van der Waals surface area contributed by atoms with Crippen LogP contribution in [0, 0.1) is 17.1 Å². The van der Waals surface area contributed by atoms with E-state index in [1.54, 1.807) is 26.3 Å². The van der Waals surface area contributed by atoms with Crippen molar-refractivity contribution in [1.29, 1.82) is 5.26 Å². The standard InChI is InChI=1S/C23H26FN7O.HI/c1-27-23(29-15-16-6-3-4-8-21(16)32-2)28-13-5-7-20-19(14-25)22(26)31(30-20)18-11-9-17(24)10-12-18;/h3-4,6,8-12H,5,7,13,15,26H2,1-2H3,(H2,27,28,29);1H. The lowest BCUT2D eigenvalue weighted by Gasteiger charge is -2.13. The van der Waals surface area contributed by atoms with Gasteiger partial charge in [-0.25, -0.2) is 9.07 Å². The zero-order valence-corrected chi connectivity index (χ0v) is 20.8. The monoisotopic (exact) mass is 563 g/mol. The van der Waals surface area contributed by atoms with Crippen LogP contribution in [0.25, 0.3) is 5.69 Å². The summed E-state index contributed by atoms with van der Waals surface area (Å²) in [4.78, 5) is 4.23. The molecule has 0 spiro atoms. The molecule has 3 rings (SSSR count). The van der Waals surface area contributed by atoms with Crippen LogP contribution in [0.15, 0.2) is 53.5 Å². The number of halogens is 2. The highest BCUT2D eigenvalue weighted by atomic mass is 127. The van der Waals surface area contributed by atoms with Crippen LogP contribution in [-0.4, -0.2) is 36.4 Å². The topological polar surface area (TPSA) is 113 Å². The maximum Gasteiger partial charge on any atom is 0.191 e. The molecule has 0 saturated carbocycles. The van der Waals surface area contributed by atoms with Crippen molar-refractivity contribution in [3.63, 3.8) is 0 Å². The summed E-state index contributed by atoms with van der Waals surface area (Å²) in [5, 5.41) is 20.5. The molecular weight excluding hydrogens is 536 g/mol. The van der Waals surface area contributed by atoms with Crippen LogP contribution in [0.5, 0.6) is 5.75 Å². The van der Waals surface area contributed by atoms with Crippen molar-refractivity contribution in [2.45, 2.75) is 19.4 Å². The van der Waals surface area contributed by atoms with Gasteiger partial charge in [0.15, 0.2) is 5.96 Å². The molecule has 33 heavy (non-hydrogen) atoms. The van der Waals surface area contributed by atoms with Crippen LogP contribution in [0.2, 0.25) is 0 Å². The van der Waals surface area contributed by atoms with E-state index in [1.807, 2.05) is 24.3 Å². The third-order valence-electron chi connectivity index (χ3n) is 4.92. The number of benzene rings is 2. The fourth-order valence-electron chi connectivity index (χ4n) is 3.27. The van der Waals surface area contributed by atoms with Gasteiger partial charge in [0.1, 0.15) is 29.0 Å². The van der Waals surface area contributed by atoms with E-state index in [-0.39, 0.29) is 35.6 Å². The number of ether oxygens (including phenoxy) is 1. The van der Waals surface area contributed by atoms with Gasteiger partial charge in [0.05, 0.1) is 18.5 Å². The summed E-state index contributed by atoms with van der Waals surface area (Å²) in [7, 11) is 3.35. The number of aryl methyl sites for hydroxylation is 1. The zero-order chi connectivity index (χ0) is 22.9. The number of aromatic nitrogens is 2. The number of rotatable bonds is 8. The van der Waals surface area contributed by atoms with Gasteiger partial charge in [0.2, 0.25) is 0 Å². The van der Waals surface area contributed by atoms with Crippen molar-refractivity contribution in [1.82, 2.24) is 20.4 Å².